The van der Waals surface area contributed by atoms with E-state index in [1.807, 2.05) is 12.1 Å². The van der Waals surface area contributed by atoms with Crippen molar-refractivity contribution in [1.29, 1.82) is 0 Å². The highest BCUT2D eigenvalue weighted by atomic mass is 16.5. The highest BCUT2D eigenvalue weighted by Crippen LogP contribution is 2.29. The molecule has 0 aliphatic carbocycles. The molecule has 0 fully saturated rings. The minimum atomic E-state index is -0.438. The van der Waals surface area contributed by atoms with E-state index in [0.29, 0.717) is 23.3 Å². The first kappa shape index (κ1) is 13.9. The molecule has 1 aromatic carbocycles. The first-order valence-corrected chi connectivity index (χ1v) is 6.70. The van der Waals surface area contributed by atoms with Crippen molar-refractivity contribution in [2.24, 2.45) is 0 Å². The number of hydrogen-bond donors (Lipinski definition) is 2. The lowest BCUT2D eigenvalue weighted by molar-refractivity contribution is 0.0601. The van der Waals surface area contributed by atoms with Gasteiger partial charge in [0, 0.05) is 17.0 Å². The number of ether oxygens (including phenoxy) is 1. The molecule has 0 saturated carbocycles. The van der Waals surface area contributed by atoms with E-state index in [2.05, 4.69) is 9.72 Å². The number of fused-ring (bicyclic) bond motifs is 1. The lowest BCUT2D eigenvalue weighted by Crippen LogP contribution is -2.01. The number of carbonyl (C=O) groups is 1. The van der Waals surface area contributed by atoms with Gasteiger partial charge in [0.2, 0.25) is 0 Å². The van der Waals surface area contributed by atoms with Crippen molar-refractivity contribution in [3.05, 3.63) is 53.9 Å². The quantitative estimate of drug-likeness (QED) is 0.723. The molecule has 6 heteroatoms. The van der Waals surface area contributed by atoms with Crippen molar-refractivity contribution in [3.8, 4) is 5.88 Å². The fourth-order valence-electron chi connectivity index (χ4n) is 2.37. The van der Waals surface area contributed by atoms with Gasteiger partial charge in [0.1, 0.15) is 5.82 Å². The fraction of sp³-hybridized carbons (Fsp3) is 0.125. The molecule has 3 N–H and O–H groups in total. The molecule has 0 amide bonds. The number of nitrogens with zero attached hydrogens (tertiary/aromatic N) is 2. The van der Waals surface area contributed by atoms with Gasteiger partial charge in [0.15, 0.2) is 5.88 Å². The first-order chi connectivity index (χ1) is 10.6. The third-order valence-electron chi connectivity index (χ3n) is 3.44. The van der Waals surface area contributed by atoms with E-state index in [1.165, 1.54) is 7.11 Å². The monoisotopic (exact) mass is 297 g/mol. The molecular formula is C16H15N3O3. The largest absolute Gasteiger partial charge is 0.494 e. The summed E-state index contributed by atoms with van der Waals surface area (Å²) in [5.74, 6) is 0.0678. The van der Waals surface area contributed by atoms with E-state index >= 15 is 0 Å². The molecule has 2 heterocycles. The van der Waals surface area contributed by atoms with Crippen LogP contribution in [0.2, 0.25) is 0 Å². The standard InChI is InChI=1S/C16H15N3O3/c1-22-16(21)10-5-6-11-8-19(15(20)13(11)7-10)9-12-3-2-4-14(17)18-12/h2-8,20H,9H2,1H3,(H2,17,18). The molecule has 3 aromatic rings. The zero-order valence-electron chi connectivity index (χ0n) is 12.0. The van der Waals surface area contributed by atoms with Crippen LogP contribution >= 0.6 is 0 Å². The Hall–Kier alpha value is -3.02. The molecule has 0 atom stereocenters. The van der Waals surface area contributed by atoms with Crippen LogP contribution in [0, 0.1) is 0 Å². The molecule has 0 unspecified atom stereocenters. The highest BCUT2D eigenvalue weighted by molar-refractivity contribution is 5.97. The third-order valence-corrected chi connectivity index (χ3v) is 3.44. The molecule has 6 nitrogen and oxygen atoms in total. The first-order valence-electron chi connectivity index (χ1n) is 6.70. The number of aromatic nitrogens is 2. The lowest BCUT2D eigenvalue weighted by atomic mass is 10.1. The molecule has 0 aliphatic heterocycles. The Kier molecular flexibility index (Phi) is 3.42. The van der Waals surface area contributed by atoms with E-state index in [9.17, 15) is 9.90 Å². The van der Waals surface area contributed by atoms with Gasteiger partial charge in [-0.15, -0.1) is 0 Å². The van der Waals surface area contributed by atoms with Crippen LogP contribution in [0.5, 0.6) is 5.88 Å². The lowest BCUT2D eigenvalue weighted by Gasteiger charge is -2.05. The SMILES string of the molecule is COC(=O)c1ccc2cn(Cc3cccc(N)n3)c(O)c2c1. The number of nitrogens with two attached hydrogens (primary N) is 1. The van der Waals surface area contributed by atoms with Crippen molar-refractivity contribution < 1.29 is 14.6 Å². The Morgan fingerprint density at radius 2 is 2.18 bits per heavy atom. The van der Waals surface area contributed by atoms with Gasteiger partial charge >= 0.3 is 5.97 Å². The Morgan fingerprint density at radius 3 is 2.91 bits per heavy atom. The zero-order valence-corrected chi connectivity index (χ0v) is 12.0. The van der Waals surface area contributed by atoms with Crippen molar-refractivity contribution in [2.75, 3.05) is 12.8 Å². The van der Waals surface area contributed by atoms with Gasteiger partial charge in [-0.2, -0.15) is 0 Å². The average Bonchev–Trinajstić information content (AvgIpc) is 2.82. The van der Waals surface area contributed by atoms with Crippen LogP contribution in [0.25, 0.3) is 10.8 Å². The maximum Gasteiger partial charge on any atom is 0.337 e. The minimum Gasteiger partial charge on any atom is -0.494 e. The van der Waals surface area contributed by atoms with E-state index in [1.54, 1.807) is 35.0 Å². The Morgan fingerprint density at radius 1 is 1.36 bits per heavy atom. The molecule has 3 rings (SSSR count). The summed E-state index contributed by atoms with van der Waals surface area (Å²) in [6.45, 7) is 0.388. The van der Waals surface area contributed by atoms with Crippen molar-refractivity contribution >= 4 is 22.6 Å². The predicted molar refractivity (Wildman–Crippen MR) is 82.7 cm³/mol. The van der Waals surface area contributed by atoms with Crippen molar-refractivity contribution in [3.63, 3.8) is 0 Å². The molecule has 0 bridgehead atoms. The number of pyridine rings is 1. The van der Waals surface area contributed by atoms with Crippen LogP contribution in [0.3, 0.4) is 0 Å². The van der Waals surface area contributed by atoms with Crippen molar-refractivity contribution in [1.82, 2.24) is 9.55 Å². The molecule has 2 aromatic heterocycles. The number of rotatable bonds is 3. The van der Waals surface area contributed by atoms with E-state index < -0.39 is 5.97 Å². The van der Waals surface area contributed by atoms with Crippen LogP contribution in [-0.2, 0) is 11.3 Å². The number of methoxy groups -OCH3 is 1. The van der Waals surface area contributed by atoms with Crippen LogP contribution in [0.4, 0.5) is 5.82 Å². The highest BCUT2D eigenvalue weighted by Gasteiger charge is 2.13. The molecule has 0 aliphatic rings. The second kappa shape index (κ2) is 5.40. The Labute approximate surface area is 126 Å². The summed E-state index contributed by atoms with van der Waals surface area (Å²) in [6.07, 6.45) is 1.80. The van der Waals surface area contributed by atoms with Crippen LogP contribution < -0.4 is 5.73 Å². The maximum atomic E-state index is 11.6. The number of aromatic hydroxyl groups is 1. The van der Waals surface area contributed by atoms with Gasteiger partial charge in [0.05, 0.1) is 24.9 Å². The topological polar surface area (TPSA) is 90.4 Å². The third kappa shape index (κ3) is 2.46. The molecule has 22 heavy (non-hydrogen) atoms. The Balaban J connectivity index is 2.01. The van der Waals surface area contributed by atoms with Crippen molar-refractivity contribution in [2.45, 2.75) is 6.54 Å². The van der Waals surface area contributed by atoms with Gasteiger partial charge in [-0.05, 0) is 24.3 Å². The fourth-order valence-corrected chi connectivity index (χ4v) is 2.37. The summed E-state index contributed by atoms with van der Waals surface area (Å²) in [5, 5.41) is 11.8. The number of nitrogen functional groups attached to an aromatic ring is 1. The number of benzene rings is 1. The van der Waals surface area contributed by atoms with Gasteiger partial charge in [0.25, 0.3) is 0 Å². The van der Waals surface area contributed by atoms with E-state index in [-0.39, 0.29) is 5.88 Å². The summed E-state index contributed by atoms with van der Waals surface area (Å²) in [6, 6.07) is 10.4. The number of anilines is 1. The van der Waals surface area contributed by atoms with Gasteiger partial charge < -0.3 is 20.1 Å². The van der Waals surface area contributed by atoms with E-state index in [0.717, 1.165) is 11.1 Å². The second-order valence-electron chi connectivity index (χ2n) is 4.93. The number of hydrogen-bond acceptors (Lipinski definition) is 5. The molecular weight excluding hydrogens is 282 g/mol. The van der Waals surface area contributed by atoms with Crippen LogP contribution in [0.1, 0.15) is 16.1 Å². The van der Waals surface area contributed by atoms with E-state index in [4.69, 9.17) is 5.73 Å². The zero-order chi connectivity index (χ0) is 15.7. The predicted octanol–water partition coefficient (Wildman–Crippen LogP) is 2.16. The number of esters is 1. The molecule has 0 saturated heterocycles. The molecule has 0 spiro atoms. The van der Waals surface area contributed by atoms with Gasteiger partial charge in [-0.25, -0.2) is 9.78 Å². The summed E-state index contributed by atoms with van der Waals surface area (Å²) in [7, 11) is 1.32. The summed E-state index contributed by atoms with van der Waals surface area (Å²) < 4.78 is 6.35. The summed E-state index contributed by atoms with van der Waals surface area (Å²) in [5.41, 5.74) is 6.79. The average molecular weight is 297 g/mol. The normalized spacial score (nSPS) is 10.8. The Bertz CT molecular complexity index is 855. The molecule has 112 valence electrons. The smallest absolute Gasteiger partial charge is 0.337 e. The van der Waals surface area contributed by atoms with Crippen LogP contribution in [-0.4, -0.2) is 27.7 Å². The summed E-state index contributed by atoms with van der Waals surface area (Å²) >= 11 is 0. The maximum absolute atomic E-state index is 11.6. The minimum absolute atomic E-state index is 0.0741. The summed E-state index contributed by atoms with van der Waals surface area (Å²) in [4.78, 5) is 15.8. The van der Waals surface area contributed by atoms with Gasteiger partial charge in [-0.1, -0.05) is 12.1 Å². The number of carbonyl (C=O) groups excluding carboxylic acids is 1. The van der Waals surface area contributed by atoms with Crippen LogP contribution in [0.15, 0.2) is 42.6 Å². The second-order valence-corrected chi connectivity index (χ2v) is 4.93. The van der Waals surface area contributed by atoms with Gasteiger partial charge in [-0.3, -0.25) is 0 Å². The molecule has 0 radical (unpaired) electrons.